The van der Waals surface area contributed by atoms with Crippen LogP contribution in [0.25, 0.3) is 0 Å². The normalized spacial score (nSPS) is 28.9. The molecule has 0 spiro atoms. The molecule has 2 aliphatic rings. The molecule has 2 saturated heterocycles. The minimum absolute atomic E-state index is 0.0687. The monoisotopic (exact) mass is 236 g/mol. The highest BCUT2D eigenvalue weighted by Gasteiger charge is 2.38. The van der Waals surface area contributed by atoms with E-state index in [0.29, 0.717) is 18.6 Å². The van der Waals surface area contributed by atoms with Gasteiger partial charge in [0.15, 0.2) is 0 Å². The predicted molar refractivity (Wildman–Crippen MR) is 65.7 cm³/mol. The summed E-state index contributed by atoms with van der Waals surface area (Å²) in [5.74, 6) is 1.81. The second-order valence-corrected chi connectivity index (χ2v) is 4.96. The zero-order valence-electron chi connectivity index (χ0n) is 10.1. The Balaban J connectivity index is 2.03. The Kier molecular flexibility index (Phi) is 4.03. The Labute approximate surface area is 103 Å². The summed E-state index contributed by atoms with van der Waals surface area (Å²) in [6, 6.07) is 0.860. The smallest absolute Gasteiger partial charge is 0.317 e. The second kappa shape index (κ2) is 5.52. The maximum absolute atomic E-state index is 10.9. The van der Waals surface area contributed by atoms with Gasteiger partial charge in [-0.1, -0.05) is 12.3 Å². The summed E-state index contributed by atoms with van der Waals surface area (Å²) in [6.07, 6.45) is 10.1. The summed E-state index contributed by atoms with van der Waals surface area (Å²) in [6.45, 7) is 2.77. The van der Waals surface area contributed by atoms with E-state index in [2.05, 4.69) is 10.8 Å². The van der Waals surface area contributed by atoms with Crippen molar-refractivity contribution in [2.75, 3.05) is 26.2 Å². The highest BCUT2D eigenvalue weighted by atomic mass is 16.4. The molecule has 0 aromatic carbocycles. The van der Waals surface area contributed by atoms with Crippen molar-refractivity contribution in [2.45, 2.75) is 37.8 Å². The summed E-state index contributed by atoms with van der Waals surface area (Å²) in [4.78, 5) is 15.3. The Bertz CT molecular complexity index is 324. The lowest BCUT2D eigenvalue weighted by molar-refractivity contribution is -0.138. The van der Waals surface area contributed by atoms with E-state index in [1.165, 1.54) is 19.3 Å². The van der Waals surface area contributed by atoms with Crippen LogP contribution < -0.4 is 0 Å². The van der Waals surface area contributed by atoms with Crippen LogP contribution in [0.15, 0.2) is 0 Å². The molecule has 2 unspecified atom stereocenters. The molecule has 2 heterocycles. The van der Waals surface area contributed by atoms with Gasteiger partial charge in [-0.3, -0.25) is 14.6 Å². The third kappa shape index (κ3) is 2.80. The Morgan fingerprint density at radius 1 is 1.41 bits per heavy atom. The van der Waals surface area contributed by atoms with Crippen LogP contribution in [0.5, 0.6) is 0 Å². The van der Waals surface area contributed by atoms with Crippen molar-refractivity contribution in [3.63, 3.8) is 0 Å². The topological polar surface area (TPSA) is 43.8 Å². The summed E-state index contributed by atoms with van der Waals surface area (Å²) >= 11 is 0. The number of nitrogens with zero attached hydrogens (tertiary/aromatic N) is 2. The summed E-state index contributed by atoms with van der Waals surface area (Å²) in [7, 11) is 0. The number of aliphatic carboxylic acids is 1. The molecule has 0 radical (unpaired) electrons. The van der Waals surface area contributed by atoms with E-state index in [1.54, 1.807) is 0 Å². The largest absolute Gasteiger partial charge is 0.480 e. The molecule has 0 saturated carbocycles. The van der Waals surface area contributed by atoms with E-state index in [-0.39, 0.29) is 6.54 Å². The zero-order chi connectivity index (χ0) is 12.3. The number of carboxylic acid groups (broad SMARTS) is 1. The molecule has 0 amide bonds. The van der Waals surface area contributed by atoms with Crippen LogP contribution >= 0.6 is 0 Å². The van der Waals surface area contributed by atoms with Crippen molar-refractivity contribution in [3.8, 4) is 12.3 Å². The third-order valence-electron chi connectivity index (χ3n) is 3.92. The van der Waals surface area contributed by atoms with Gasteiger partial charge in [-0.05, 0) is 25.8 Å². The van der Waals surface area contributed by atoms with Crippen LogP contribution in [-0.4, -0.2) is 59.1 Å². The fourth-order valence-electron chi connectivity index (χ4n) is 3.23. The maximum Gasteiger partial charge on any atom is 0.317 e. The van der Waals surface area contributed by atoms with Gasteiger partial charge in [0.2, 0.25) is 0 Å². The first-order chi connectivity index (χ1) is 8.22. The molecule has 2 rings (SSSR count). The third-order valence-corrected chi connectivity index (χ3v) is 3.92. The lowest BCUT2D eigenvalue weighted by atomic mass is 9.98. The van der Waals surface area contributed by atoms with Crippen molar-refractivity contribution >= 4 is 5.97 Å². The van der Waals surface area contributed by atoms with Crippen LogP contribution in [0.3, 0.4) is 0 Å². The Hall–Kier alpha value is -1.05. The number of piperidine rings is 1. The molecule has 0 aliphatic carbocycles. The maximum atomic E-state index is 10.9. The predicted octanol–water partition coefficient (Wildman–Crippen LogP) is 0.633. The minimum Gasteiger partial charge on any atom is -0.480 e. The van der Waals surface area contributed by atoms with Crippen molar-refractivity contribution in [3.05, 3.63) is 0 Å². The summed E-state index contributed by atoms with van der Waals surface area (Å²) in [5, 5.41) is 8.94. The number of fused-ring (bicyclic) bond motifs is 1. The van der Waals surface area contributed by atoms with E-state index in [0.717, 1.165) is 19.5 Å². The SMILES string of the molecule is C#CCN(CC(=O)O)C1CCN2CCCCC12. The first kappa shape index (κ1) is 12.4. The van der Waals surface area contributed by atoms with Crippen molar-refractivity contribution in [1.82, 2.24) is 9.80 Å². The number of carboxylic acids is 1. The van der Waals surface area contributed by atoms with E-state index in [4.69, 9.17) is 11.5 Å². The number of hydrogen-bond acceptors (Lipinski definition) is 3. The molecular weight excluding hydrogens is 216 g/mol. The molecule has 2 atom stereocenters. The van der Waals surface area contributed by atoms with Crippen LogP contribution in [0, 0.1) is 12.3 Å². The Morgan fingerprint density at radius 3 is 2.94 bits per heavy atom. The molecule has 1 N–H and O–H groups in total. The van der Waals surface area contributed by atoms with Crippen molar-refractivity contribution in [2.24, 2.45) is 0 Å². The molecule has 2 fully saturated rings. The highest BCUT2D eigenvalue weighted by Crippen LogP contribution is 2.30. The molecular formula is C13H20N2O2. The van der Waals surface area contributed by atoms with Crippen LogP contribution in [0.1, 0.15) is 25.7 Å². The van der Waals surface area contributed by atoms with Crippen LogP contribution in [0.2, 0.25) is 0 Å². The molecule has 4 heteroatoms. The van der Waals surface area contributed by atoms with E-state index in [1.807, 2.05) is 4.90 Å². The number of rotatable bonds is 4. The molecule has 94 valence electrons. The fourth-order valence-corrected chi connectivity index (χ4v) is 3.23. The van der Waals surface area contributed by atoms with Gasteiger partial charge in [-0.15, -0.1) is 6.42 Å². The van der Waals surface area contributed by atoms with Crippen LogP contribution in [-0.2, 0) is 4.79 Å². The number of terminal acetylenes is 1. The average Bonchev–Trinajstić information content (AvgIpc) is 2.71. The Morgan fingerprint density at radius 2 is 2.24 bits per heavy atom. The second-order valence-electron chi connectivity index (χ2n) is 4.96. The van der Waals surface area contributed by atoms with E-state index in [9.17, 15) is 4.79 Å². The van der Waals surface area contributed by atoms with Gasteiger partial charge in [-0.25, -0.2) is 0 Å². The first-order valence-electron chi connectivity index (χ1n) is 6.35. The van der Waals surface area contributed by atoms with Gasteiger partial charge in [0.25, 0.3) is 0 Å². The molecule has 17 heavy (non-hydrogen) atoms. The van der Waals surface area contributed by atoms with Gasteiger partial charge >= 0.3 is 5.97 Å². The molecule has 2 aliphatic heterocycles. The van der Waals surface area contributed by atoms with Gasteiger partial charge in [-0.2, -0.15) is 0 Å². The lowest BCUT2D eigenvalue weighted by Crippen LogP contribution is -2.48. The lowest BCUT2D eigenvalue weighted by Gasteiger charge is -2.36. The first-order valence-corrected chi connectivity index (χ1v) is 6.35. The molecule has 0 bridgehead atoms. The van der Waals surface area contributed by atoms with Crippen molar-refractivity contribution in [1.29, 1.82) is 0 Å². The van der Waals surface area contributed by atoms with E-state index >= 15 is 0 Å². The quantitative estimate of drug-likeness (QED) is 0.727. The standard InChI is InChI=1S/C13H20N2O2/c1-2-7-15(10-13(16)17)12-6-9-14-8-4-3-5-11(12)14/h1,11-12H,3-10H2,(H,16,17). The number of carbonyl (C=O) groups is 1. The van der Waals surface area contributed by atoms with Gasteiger partial charge in [0.1, 0.15) is 0 Å². The molecule has 4 nitrogen and oxygen atoms in total. The minimum atomic E-state index is -0.783. The molecule has 0 aromatic heterocycles. The summed E-state index contributed by atoms with van der Waals surface area (Å²) < 4.78 is 0. The van der Waals surface area contributed by atoms with E-state index < -0.39 is 5.97 Å². The van der Waals surface area contributed by atoms with Gasteiger partial charge in [0.05, 0.1) is 13.1 Å². The van der Waals surface area contributed by atoms with Gasteiger partial charge in [0, 0.05) is 18.6 Å². The van der Waals surface area contributed by atoms with Crippen molar-refractivity contribution < 1.29 is 9.90 Å². The highest BCUT2D eigenvalue weighted by molar-refractivity contribution is 5.69. The summed E-state index contributed by atoms with van der Waals surface area (Å²) in [5.41, 5.74) is 0. The fraction of sp³-hybridized carbons (Fsp3) is 0.769. The van der Waals surface area contributed by atoms with Crippen LogP contribution in [0.4, 0.5) is 0 Å². The van der Waals surface area contributed by atoms with Gasteiger partial charge < -0.3 is 5.11 Å². The zero-order valence-corrected chi connectivity index (χ0v) is 10.1. The average molecular weight is 236 g/mol. The molecule has 0 aromatic rings. The number of hydrogen-bond donors (Lipinski definition) is 1.